The van der Waals surface area contributed by atoms with E-state index in [9.17, 15) is 4.79 Å². The molecule has 0 saturated carbocycles. The summed E-state index contributed by atoms with van der Waals surface area (Å²) in [7, 11) is 3.47. The van der Waals surface area contributed by atoms with Gasteiger partial charge in [-0.05, 0) is 31.5 Å². The second kappa shape index (κ2) is 5.57. The van der Waals surface area contributed by atoms with Gasteiger partial charge in [0.25, 0.3) is 5.91 Å². The Morgan fingerprint density at radius 3 is 2.65 bits per heavy atom. The molecule has 0 aliphatic heterocycles. The second-order valence-corrected chi connectivity index (χ2v) is 4.46. The number of nitrogens with two attached hydrogens (primary N) is 1. The third kappa shape index (κ3) is 3.37. The van der Waals surface area contributed by atoms with Crippen LogP contribution in [0.3, 0.4) is 0 Å². The summed E-state index contributed by atoms with van der Waals surface area (Å²) in [4.78, 5) is 13.4. The monoisotopic (exact) mass is 235 g/mol. The Morgan fingerprint density at radius 1 is 1.47 bits per heavy atom. The molecule has 4 heteroatoms. The van der Waals surface area contributed by atoms with Crippen molar-refractivity contribution in [3.05, 3.63) is 23.8 Å². The zero-order chi connectivity index (χ0) is 13.0. The molecule has 0 heterocycles. The van der Waals surface area contributed by atoms with Crippen LogP contribution in [0.15, 0.2) is 18.2 Å². The predicted octanol–water partition coefficient (Wildman–Crippen LogP) is 2.18. The number of amides is 1. The number of nitrogens with one attached hydrogen (secondary N) is 1. The van der Waals surface area contributed by atoms with Crippen molar-refractivity contribution in [2.24, 2.45) is 0 Å². The Morgan fingerprint density at radius 2 is 2.12 bits per heavy atom. The maximum absolute atomic E-state index is 11.8. The van der Waals surface area contributed by atoms with Gasteiger partial charge in [-0.15, -0.1) is 0 Å². The van der Waals surface area contributed by atoms with Crippen LogP contribution in [0.2, 0.25) is 0 Å². The van der Waals surface area contributed by atoms with Crippen LogP contribution < -0.4 is 11.1 Å². The quantitative estimate of drug-likeness (QED) is 0.786. The molecular formula is C13H21N3O. The van der Waals surface area contributed by atoms with Crippen molar-refractivity contribution in [3.8, 4) is 0 Å². The van der Waals surface area contributed by atoms with Crippen molar-refractivity contribution in [1.29, 1.82) is 0 Å². The van der Waals surface area contributed by atoms with Gasteiger partial charge in [0.15, 0.2) is 0 Å². The molecule has 1 atom stereocenters. The van der Waals surface area contributed by atoms with Gasteiger partial charge in [0, 0.05) is 25.7 Å². The van der Waals surface area contributed by atoms with Crippen LogP contribution >= 0.6 is 0 Å². The number of hydrogen-bond acceptors (Lipinski definition) is 3. The topological polar surface area (TPSA) is 58.4 Å². The highest BCUT2D eigenvalue weighted by Gasteiger charge is 2.11. The van der Waals surface area contributed by atoms with E-state index in [2.05, 4.69) is 19.2 Å². The number of nitrogens with zero attached hydrogens (tertiary/aromatic N) is 1. The van der Waals surface area contributed by atoms with E-state index < -0.39 is 0 Å². The maximum atomic E-state index is 11.8. The Balaban J connectivity index is 2.98. The van der Waals surface area contributed by atoms with Gasteiger partial charge in [-0.2, -0.15) is 0 Å². The fourth-order valence-corrected chi connectivity index (χ4v) is 1.44. The van der Waals surface area contributed by atoms with Gasteiger partial charge in [-0.1, -0.05) is 6.92 Å². The first-order valence-electron chi connectivity index (χ1n) is 5.83. The first-order valence-corrected chi connectivity index (χ1v) is 5.83. The summed E-state index contributed by atoms with van der Waals surface area (Å²) in [5, 5.41) is 3.30. The molecule has 0 spiro atoms. The first kappa shape index (κ1) is 13.4. The molecule has 3 N–H and O–H groups in total. The number of nitrogen functional groups attached to an aromatic ring is 1. The van der Waals surface area contributed by atoms with Gasteiger partial charge in [0.05, 0.1) is 11.4 Å². The van der Waals surface area contributed by atoms with Gasteiger partial charge in [0.2, 0.25) is 0 Å². The number of carbonyl (C=O) groups excluding carboxylic acids is 1. The standard InChI is InChI=1S/C13H21N3O/c1-5-9(2)15-12-8-10(6-7-11(12)14)13(17)16(3)4/h6-9,15H,5,14H2,1-4H3. The highest BCUT2D eigenvalue weighted by atomic mass is 16.2. The van der Waals surface area contributed by atoms with Crippen LogP contribution in [0.25, 0.3) is 0 Å². The lowest BCUT2D eigenvalue weighted by atomic mass is 10.1. The summed E-state index contributed by atoms with van der Waals surface area (Å²) in [6.07, 6.45) is 1.01. The smallest absolute Gasteiger partial charge is 0.253 e. The van der Waals surface area contributed by atoms with E-state index in [1.807, 2.05) is 6.07 Å². The van der Waals surface area contributed by atoms with Crippen molar-refractivity contribution in [1.82, 2.24) is 4.90 Å². The number of anilines is 2. The predicted molar refractivity (Wildman–Crippen MR) is 72.2 cm³/mol. The van der Waals surface area contributed by atoms with E-state index in [0.717, 1.165) is 12.1 Å². The van der Waals surface area contributed by atoms with Crippen molar-refractivity contribution >= 4 is 17.3 Å². The minimum Gasteiger partial charge on any atom is -0.397 e. The highest BCUT2D eigenvalue weighted by molar-refractivity contribution is 5.95. The molecule has 1 rings (SSSR count). The molecule has 0 radical (unpaired) electrons. The fraction of sp³-hybridized carbons (Fsp3) is 0.462. The van der Waals surface area contributed by atoms with E-state index in [0.29, 0.717) is 17.3 Å². The number of rotatable bonds is 4. The molecule has 0 aliphatic carbocycles. The Bertz CT molecular complexity index is 402. The largest absolute Gasteiger partial charge is 0.397 e. The first-order chi connectivity index (χ1) is 7.95. The average molecular weight is 235 g/mol. The van der Waals surface area contributed by atoms with Gasteiger partial charge in [-0.25, -0.2) is 0 Å². The molecule has 17 heavy (non-hydrogen) atoms. The van der Waals surface area contributed by atoms with Crippen molar-refractivity contribution in [2.75, 3.05) is 25.1 Å². The molecule has 1 unspecified atom stereocenters. The van der Waals surface area contributed by atoms with Crippen molar-refractivity contribution in [2.45, 2.75) is 26.3 Å². The Labute approximate surface area is 103 Å². The Hall–Kier alpha value is -1.71. The molecule has 94 valence electrons. The normalized spacial score (nSPS) is 12.0. The molecule has 1 amide bonds. The molecule has 0 aromatic heterocycles. The lowest BCUT2D eigenvalue weighted by Gasteiger charge is -2.17. The van der Waals surface area contributed by atoms with Gasteiger partial charge < -0.3 is 16.0 Å². The molecule has 0 fully saturated rings. The van der Waals surface area contributed by atoms with E-state index in [-0.39, 0.29) is 5.91 Å². The highest BCUT2D eigenvalue weighted by Crippen LogP contribution is 2.22. The van der Waals surface area contributed by atoms with Crippen LogP contribution in [-0.2, 0) is 0 Å². The van der Waals surface area contributed by atoms with Crippen LogP contribution in [-0.4, -0.2) is 30.9 Å². The SMILES string of the molecule is CCC(C)Nc1cc(C(=O)N(C)C)ccc1N. The summed E-state index contributed by atoms with van der Waals surface area (Å²) >= 11 is 0. The molecular weight excluding hydrogens is 214 g/mol. The summed E-state index contributed by atoms with van der Waals surface area (Å²) < 4.78 is 0. The van der Waals surface area contributed by atoms with Crippen LogP contribution in [0, 0.1) is 0 Å². The van der Waals surface area contributed by atoms with Crippen molar-refractivity contribution < 1.29 is 4.79 Å². The van der Waals surface area contributed by atoms with Crippen LogP contribution in [0.1, 0.15) is 30.6 Å². The lowest BCUT2D eigenvalue weighted by molar-refractivity contribution is 0.0827. The average Bonchev–Trinajstić information content (AvgIpc) is 2.30. The molecule has 1 aromatic rings. The molecule has 0 bridgehead atoms. The number of benzene rings is 1. The number of carbonyl (C=O) groups is 1. The zero-order valence-electron chi connectivity index (χ0n) is 10.9. The minimum absolute atomic E-state index is 0.0165. The Kier molecular flexibility index (Phi) is 4.37. The molecule has 0 saturated heterocycles. The van der Waals surface area contributed by atoms with Crippen LogP contribution in [0.5, 0.6) is 0 Å². The van der Waals surface area contributed by atoms with Gasteiger partial charge in [-0.3, -0.25) is 4.79 Å². The molecule has 1 aromatic carbocycles. The van der Waals surface area contributed by atoms with Gasteiger partial charge >= 0.3 is 0 Å². The zero-order valence-corrected chi connectivity index (χ0v) is 10.9. The summed E-state index contributed by atoms with van der Waals surface area (Å²) in [5.74, 6) is -0.0165. The minimum atomic E-state index is -0.0165. The summed E-state index contributed by atoms with van der Waals surface area (Å²) in [5.41, 5.74) is 8.02. The molecule has 4 nitrogen and oxygen atoms in total. The summed E-state index contributed by atoms with van der Waals surface area (Å²) in [6, 6.07) is 5.66. The third-order valence-electron chi connectivity index (χ3n) is 2.72. The van der Waals surface area contributed by atoms with Crippen molar-refractivity contribution in [3.63, 3.8) is 0 Å². The third-order valence-corrected chi connectivity index (χ3v) is 2.72. The van der Waals surface area contributed by atoms with Crippen LogP contribution in [0.4, 0.5) is 11.4 Å². The maximum Gasteiger partial charge on any atom is 0.253 e. The van der Waals surface area contributed by atoms with E-state index >= 15 is 0 Å². The summed E-state index contributed by atoms with van der Waals surface area (Å²) in [6.45, 7) is 4.18. The van der Waals surface area contributed by atoms with Gasteiger partial charge in [0.1, 0.15) is 0 Å². The van der Waals surface area contributed by atoms with E-state index in [1.54, 1.807) is 31.1 Å². The van der Waals surface area contributed by atoms with E-state index in [1.165, 1.54) is 0 Å². The lowest BCUT2D eigenvalue weighted by Crippen LogP contribution is -2.22. The fourth-order valence-electron chi connectivity index (χ4n) is 1.44. The number of hydrogen-bond donors (Lipinski definition) is 2. The second-order valence-electron chi connectivity index (χ2n) is 4.46. The van der Waals surface area contributed by atoms with E-state index in [4.69, 9.17) is 5.73 Å². The molecule has 0 aliphatic rings.